The molecule has 0 spiro atoms. The van der Waals surface area contributed by atoms with Gasteiger partial charge >= 0.3 is 0 Å². The number of hydrogen-bond acceptors (Lipinski definition) is 4. The van der Waals surface area contributed by atoms with Crippen molar-refractivity contribution in [2.24, 2.45) is 0 Å². The lowest BCUT2D eigenvalue weighted by molar-refractivity contribution is -0.130. The first-order valence-corrected chi connectivity index (χ1v) is 9.30. The summed E-state index contributed by atoms with van der Waals surface area (Å²) in [5, 5.41) is 0. The van der Waals surface area contributed by atoms with Crippen LogP contribution >= 0.6 is 0 Å². The zero-order valence-electron chi connectivity index (χ0n) is 15.8. The van der Waals surface area contributed by atoms with E-state index in [2.05, 4.69) is 35.9 Å². The number of likely N-dealkylation sites (N-methyl/N-ethyl adjacent to an activating group) is 1. The predicted octanol–water partition coefficient (Wildman–Crippen LogP) is 3.25. The number of hydrogen-bond donors (Lipinski definition) is 0. The summed E-state index contributed by atoms with van der Waals surface area (Å²) in [6, 6.07) is 11.8. The highest BCUT2D eigenvalue weighted by atomic mass is 16.5. The molecule has 26 heavy (non-hydrogen) atoms. The molecule has 0 saturated carbocycles. The number of amides is 1. The van der Waals surface area contributed by atoms with E-state index < -0.39 is 0 Å². The van der Waals surface area contributed by atoms with Crippen LogP contribution in [0.3, 0.4) is 0 Å². The molecule has 1 aromatic carbocycles. The fourth-order valence-corrected chi connectivity index (χ4v) is 3.56. The average Bonchev–Trinajstić information content (AvgIpc) is 2.82. The summed E-state index contributed by atoms with van der Waals surface area (Å²) in [4.78, 5) is 21.4. The van der Waals surface area contributed by atoms with Crippen molar-refractivity contribution in [3.8, 4) is 5.75 Å². The Morgan fingerprint density at radius 3 is 2.58 bits per heavy atom. The van der Waals surface area contributed by atoms with Crippen molar-refractivity contribution < 1.29 is 9.53 Å². The van der Waals surface area contributed by atoms with Gasteiger partial charge in [-0.05, 0) is 25.2 Å². The van der Waals surface area contributed by atoms with Gasteiger partial charge in [-0.2, -0.15) is 0 Å². The van der Waals surface area contributed by atoms with Crippen LogP contribution in [0.5, 0.6) is 5.75 Å². The lowest BCUT2D eigenvalue weighted by Crippen LogP contribution is -2.40. The van der Waals surface area contributed by atoms with Gasteiger partial charge in [0, 0.05) is 37.3 Å². The number of fused-ring (bicyclic) bond motifs is 2. The second-order valence-electron chi connectivity index (χ2n) is 6.51. The van der Waals surface area contributed by atoms with Crippen molar-refractivity contribution in [1.82, 2.24) is 14.8 Å². The Balaban J connectivity index is 2.03. The molecule has 138 valence electrons. The zero-order chi connectivity index (χ0) is 18.5. The minimum absolute atomic E-state index is 0.0636. The Labute approximate surface area is 155 Å². The molecule has 0 fully saturated rings. The molecule has 1 aromatic heterocycles. The summed E-state index contributed by atoms with van der Waals surface area (Å²) in [7, 11) is 0. The smallest absolute Gasteiger partial charge is 0.220 e. The SMILES string of the molecule is CCN(CC)CCN(C(C)=O)C1c2ccccc2OCc2ncccc21. The van der Waals surface area contributed by atoms with Gasteiger partial charge in [-0.15, -0.1) is 0 Å². The number of pyridine rings is 1. The molecular formula is C21H27N3O2. The predicted molar refractivity (Wildman–Crippen MR) is 102 cm³/mol. The molecule has 1 unspecified atom stereocenters. The molecule has 0 radical (unpaired) electrons. The van der Waals surface area contributed by atoms with Crippen LogP contribution in [0.25, 0.3) is 0 Å². The number of para-hydroxylation sites is 1. The van der Waals surface area contributed by atoms with Gasteiger partial charge in [0.2, 0.25) is 5.91 Å². The van der Waals surface area contributed by atoms with Crippen LogP contribution < -0.4 is 4.74 Å². The summed E-state index contributed by atoms with van der Waals surface area (Å²) in [5.74, 6) is 0.887. The van der Waals surface area contributed by atoms with Crippen molar-refractivity contribution in [3.05, 3.63) is 59.4 Å². The lowest BCUT2D eigenvalue weighted by atomic mass is 9.95. The summed E-state index contributed by atoms with van der Waals surface area (Å²) in [5.41, 5.74) is 2.96. The molecule has 0 saturated heterocycles. The van der Waals surface area contributed by atoms with Gasteiger partial charge in [-0.1, -0.05) is 38.1 Å². The normalized spacial score (nSPS) is 15.6. The maximum absolute atomic E-state index is 12.6. The van der Waals surface area contributed by atoms with Crippen LogP contribution in [0, 0.1) is 0 Å². The minimum atomic E-state index is -0.175. The fraction of sp³-hybridized carbons (Fsp3) is 0.429. The van der Waals surface area contributed by atoms with E-state index in [1.165, 1.54) is 0 Å². The first-order valence-electron chi connectivity index (χ1n) is 9.30. The minimum Gasteiger partial charge on any atom is -0.487 e. The van der Waals surface area contributed by atoms with E-state index in [1.807, 2.05) is 29.2 Å². The molecule has 3 rings (SSSR count). The molecule has 0 N–H and O–H groups in total. The van der Waals surface area contributed by atoms with Crippen molar-refractivity contribution >= 4 is 5.91 Å². The third kappa shape index (κ3) is 3.73. The maximum atomic E-state index is 12.6. The number of benzene rings is 1. The van der Waals surface area contributed by atoms with E-state index in [0.29, 0.717) is 13.2 Å². The first-order chi connectivity index (χ1) is 12.7. The molecule has 2 heterocycles. The Hall–Kier alpha value is -2.40. The summed E-state index contributed by atoms with van der Waals surface area (Å²) < 4.78 is 5.99. The van der Waals surface area contributed by atoms with Crippen LogP contribution in [0.1, 0.15) is 43.6 Å². The van der Waals surface area contributed by atoms with Gasteiger partial charge in [0.25, 0.3) is 0 Å². The van der Waals surface area contributed by atoms with E-state index in [9.17, 15) is 4.79 Å². The van der Waals surface area contributed by atoms with Gasteiger partial charge in [-0.3, -0.25) is 9.78 Å². The number of aromatic nitrogens is 1. The molecule has 0 bridgehead atoms. The monoisotopic (exact) mass is 353 g/mol. The molecule has 1 atom stereocenters. The number of carbonyl (C=O) groups excluding carboxylic acids is 1. The lowest BCUT2D eigenvalue weighted by Gasteiger charge is -2.33. The first kappa shape index (κ1) is 18.4. The van der Waals surface area contributed by atoms with Crippen molar-refractivity contribution in [1.29, 1.82) is 0 Å². The van der Waals surface area contributed by atoms with Crippen molar-refractivity contribution in [2.75, 3.05) is 26.2 Å². The highest BCUT2D eigenvalue weighted by molar-refractivity contribution is 5.75. The van der Waals surface area contributed by atoms with Gasteiger partial charge < -0.3 is 14.5 Å². The highest BCUT2D eigenvalue weighted by Gasteiger charge is 2.31. The Kier molecular flexibility index (Phi) is 5.89. The Bertz CT molecular complexity index is 711. The number of carbonyl (C=O) groups is 1. The van der Waals surface area contributed by atoms with Gasteiger partial charge in [0.1, 0.15) is 12.4 Å². The fourth-order valence-electron chi connectivity index (χ4n) is 3.56. The van der Waals surface area contributed by atoms with E-state index in [0.717, 1.165) is 42.2 Å². The van der Waals surface area contributed by atoms with Gasteiger partial charge in [-0.25, -0.2) is 0 Å². The molecular weight excluding hydrogens is 326 g/mol. The Morgan fingerprint density at radius 2 is 1.85 bits per heavy atom. The molecule has 0 aliphatic carbocycles. The number of ether oxygens (including phenoxy) is 1. The van der Waals surface area contributed by atoms with Crippen LogP contribution in [0.15, 0.2) is 42.6 Å². The average molecular weight is 353 g/mol. The van der Waals surface area contributed by atoms with Crippen LogP contribution in [-0.2, 0) is 11.4 Å². The standard InChI is InChI=1S/C21H27N3O2/c1-4-23(5-2)13-14-24(16(3)25)21-17-10-8-12-22-19(17)15-26-20-11-7-6-9-18(20)21/h6-12,21H,4-5,13-15H2,1-3H3. The summed E-state index contributed by atoms with van der Waals surface area (Å²) in [6.45, 7) is 9.84. The number of nitrogens with zero attached hydrogens (tertiary/aromatic N) is 3. The topological polar surface area (TPSA) is 45.7 Å². The quantitative estimate of drug-likeness (QED) is 0.800. The van der Waals surface area contributed by atoms with E-state index in [1.54, 1.807) is 13.1 Å². The van der Waals surface area contributed by atoms with Crippen LogP contribution in [-0.4, -0.2) is 46.9 Å². The van der Waals surface area contributed by atoms with Crippen molar-refractivity contribution in [3.63, 3.8) is 0 Å². The maximum Gasteiger partial charge on any atom is 0.220 e. The largest absolute Gasteiger partial charge is 0.487 e. The van der Waals surface area contributed by atoms with Gasteiger partial charge in [0.05, 0.1) is 11.7 Å². The molecule has 5 heteroatoms. The van der Waals surface area contributed by atoms with E-state index in [4.69, 9.17) is 4.74 Å². The third-order valence-corrected chi connectivity index (χ3v) is 5.07. The molecule has 1 aliphatic heterocycles. The second kappa shape index (κ2) is 8.32. The van der Waals surface area contributed by atoms with E-state index in [-0.39, 0.29) is 11.9 Å². The molecule has 5 nitrogen and oxygen atoms in total. The second-order valence-corrected chi connectivity index (χ2v) is 6.51. The summed E-state index contributed by atoms with van der Waals surface area (Å²) >= 11 is 0. The molecule has 1 amide bonds. The molecule has 2 aromatic rings. The van der Waals surface area contributed by atoms with Crippen molar-refractivity contribution in [2.45, 2.75) is 33.4 Å². The molecule has 1 aliphatic rings. The zero-order valence-corrected chi connectivity index (χ0v) is 15.8. The Morgan fingerprint density at radius 1 is 1.12 bits per heavy atom. The highest BCUT2D eigenvalue weighted by Crippen LogP contribution is 2.38. The summed E-state index contributed by atoms with van der Waals surface area (Å²) in [6.07, 6.45) is 1.78. The number of rotatable bonds is 6. The van der Waals surface area contributed by atoms with Crippen LogP contribution in [0.4, 0.5) is 0 Å². The third-order valence-electron chi connectivity index (χ3n) is 5.07. The van der Waals surface area contributed by atoms with Gasteiger partial charge in [0.15, 0.2) is 0 Å². The van der Waals surface area contributed by atoms with Crippen LogP contribution in [0.2, 0.25) is 0 Å². The van der Waals surface area contributed by atoms with E-state index >= 15 is 0 Å².